The van der Waals surface area contributed by atoms with Crippen molar-refractivity contribution in [3.8, 4) is 0 Å². The predicted molar refractivity (Wildman–Crippen MR) is 80.6 cm³/mol. The molecule has 0 saturated carbocycles. The van der Waals surface area contributed by atoms with Crippen molar-refractivity contribution in [2.45, 2.75) is 77.0 Å². The molecule has 2 fully saturated rings. The summed E-state index contributed by atoms with van der Waals surface area (Å²) in [7, 11) is 0. The third-order valence-electron chi connectivity index (χ3n) is 5.23. The lowest BCUT2D eigenvalue weighted by Gasteiger charge is -2.50. The van der Waals surface area contributed by atoms with Crippen molar-refractivity contribution in [3.05, 3.63) is 0 Å². The van der Waals surface area contributed by atoms with Gasteiger partial charge in [0, 0.05) is 37.8 Å². The Morgan fingerprint density at radius 1 is 1.26 bits per heavy atom. The van der Waals surface area contributed by atoms with Gasteiger partial charge in [-0.25, -0.2) is 0 Å². The molecule has 0 bridgehead atoms. The highest BCUT2D eigenvalue weighted by Crippen LogP contribution is 2.29. The predicted octanol–water partition coefficient (Wildman–Crippen LogP) is 2.80. The molecule has 2 saturated heterocycles. The normalized spacial score (nSPS) is 31.7. The Morgan fingerprint density at radius 3 is 2.63 bits per heavy atom. The van der Waals surface area contributed by atoms with E-state index in [1.807, 2.05) is 0 Å². The van der Waals surface area contributed by atoms with Gasteiger partial charge >= 0.3 is 0 Å². The topological polar surface area (TPSA) is 24.5 Å². The molecule has 0 amide bonds. The van der Waals surface area contributed by atoms with Crippen LogP contribution in [-0.2, 0) is 4.74 Å². The van der Waals surface area contributed by atoms with Gasteiger partial charge < -0.3 is 10.1 Å². The molecule has 2 rings (SSSR count). The molecule has 0 aromatic heterocycles. The van der Waals surface area contributed by atoms with Gasteiger partial charge in [-0.3, -0.25) is 4.90 Å². The van der Waals surface area contributed by atoms with Gasteiger partial charge in [-0.05, 0) is 32.1 Å². The van der Waals surface area contributed by atoms with Gasteiger partial charge in [-0.2, -0.15) is 0 Å². The van der Waals surface area contributed by atoms with Crippen LogP contribution >= 0.6 is 0 Å². The van der Waals surface area contributed by atoms with Gasteiger partial charge in [0.2, 0.25) is 0 Å². The first-order chi connectivity index (χ1) is 9.24. The Morgan fingerprint density at radius 2 is 2.05 bits per heavy atom. The zero-order chi connectivity index (χ0) is 13.7. The highest BCUT2D eigenvalue weighted by molar-refractivity contribution is 4.98. The Kier molecular flexibility index (Phi) is 5.67. The average molecular weight is 268 g/mol. The fraction of sp³-hybridized carbons (Fsp3) is 1.00. The monoisotopic (exact) mass is 268 g/mol. The number of piperazine rings is 1. The first-order valence-corrected chi connectivity index (χ1v) is 8.34. The van der Waals surface area contributed by atoms with Crippen LogP contribution in [0.1, 0.15) is 59.3 Å². The molecule has 2 atom stereocenters. The summed E-state index contributed by atoms with van der Waals surface area (Å²) in [5, 5.41) is 3.79. The molecule has 2 heterocycles. The van der Waals surface area contributed by atoms with E-state index >= 15 is 0 Å². The standard InChI is InChI=1S/C16H32N2O/c1-4-8-14-11-18(12-15-9-7-10-19-15)16(5-2,6-3)13-17-14/h14-15,17H,4-13H2,1-3H3. The summed E-state index contributed by atoms with van der Waals surface area (Å²) in [5.41, 5.74) is 0.357. The van der Waals surface area contributed by atoms with Crippen LogP contribution in [0.2, 0.25) is 0 Å². The second-order valence-corrected chi connectivity index (χ2v) is 6.34. The van der Waals surface area contributed by atoms with Gasteiger partial charge in [-0.15, -0.1) is 0 Å². The van der Waals surface area contributed by atoms with E-state index in [2.05, 4.69) is 31.0 Å². The minimum Gasteiger partial charge on any atom is -0.377 e. The highest BCUT2D eigenvalue weighted by Gasteiger charge is 2.39. The first-order valence-electron chi connectivity index (χ1n) is 8.34. The molecule has 112 valence electrons. The van der Waals surface area contributed by atoms with Crippen LogP contribution in [0.15, 0.2) is 0 Å². The number of hydrogen-bond acceptors (Lipinski definition) is 3. The molecule has 2 aliphatic rings. The Labute approximate surface area is 119 Å². The van der Waals surface area contributed by atoms with Gasteiger partial charge in [0.15, 0.2) is 0 Å². The molecule has 1 N–H and O–H groups in total. The summed E-state index contributed by atoms with van der Waals surface area (Å²) in [5.74, 6) is 0. The van der Waals surface area contributed by atoms with Gasteiger partial charge in [0.25, 0.3) is 0 Å². The molecule has 0 aromatic carbocycles. The average Bonchev–Trinajstić information content (AvgIpc) is 2.93. The van der Waals surface area contributed by atoms with E-state index in [1.54, 1.807) is 0 Å². The van der Waals surface area contributed by atoms with Crippen molar-refractivity contribution >= 4 is 0 Å². The van der Waals surface area contributed by atoms with Crippen molar-refractivity contribution in [2.75, 3.05) is 26.2 Å². The van der Waals surface area contributed by atoms with Gasteiger partial charge in [0.05, 0.1) is 6.10 Å². The molecule has 0 aliphatic carbocycles. The van der Waals surface area contributed by atoms with E-state index in [1.165, 1.54) is 45.1 Å². The Bertz CT molecular complexity index is 259. The van der Waals surface area contributed by atoms with Crippen molar-refractivity contribution in [2.24, 2.45) is 0 Å². The van der Waals surface area contributed by atoms with Gasteiger partial charge in [-0.1, -0.05) is 27.2 Å². The van der Waals surface area contributed by atoms with Crippen molar-refractivity contribution in [1.29, 1.82) is 0 Å². The number of rotatable bonds is 6. The fourth-order valence-electron chi connectivity index (χ4n) is 3.76. The van der Waals surface area contributed by atoms with Crippen LogP contribution in [0.5, 0.6) is 0 Å². The lowest BCUT2D eigenvalue weighted by atomic mass is 9.86. The summed E-state index contributed by atoms with van der Waals surface area (Å²) in [4.78, 5) is 2.75. The summed E-state index contributed by atoms with van der Waals surface area (Å²) >= 11 is 0. The van der Waals surface area contributed by atoms with E-state index in [-0.39, 0.29) is 0 Å². The second kappa shape index (κ2) is 7.05. The number of hydrogen-bond donors (Lipinski definition) is 1. The van der Waals surface area contributed by atoms with Crippen LogP contribution in [0.25, 0.3) is 0 Å². The largest absolute Gasteiger partial charge is 0.377 e. The van der Waals surface area contributed by atoms with E-state index in [0.717, 1.165) is 19.7 Å². The van der Waals surface area contributed by atoms with E-state index in [9.17, 15) is 0 Å². The molecule has 0 radical (unpaired) electrons. The summed E-state index contributed by atoms with van der Waals surface area (Å²) in [6.07, 6.45) is 8.04. The number of nitrogens with zero attached hydrogens (tertiary/aromatic N) is 1. The maximum Gasteiger partial charge on any atom is 0.0703 e. The molecular formula is C16H32N2O. The third kappa shape index (κ3) is 3.50. The zero-order valence-corrected chi connectivity index (χ0v) is 13.1. The summed E-state index contributed by atoms with van der Waals surface area (Å²) in [6, 6.07) is 0.678. The molecular weight excluding hydrogens is 236 g/mol. The minimum absolute atomic E-state index is 0.357. The van der Waals surface area contributed by atoms with E-state index in [4.69, 9.17) is 4.74 Å². The lowest BCUT2D eigenvalue weighted by Crippen LogP contribution is -2.65. The van der Waals surface area contributed by atoms with Gasteiger partial charge in [0.1, 0.15) is 0 Å². The van der Waals surface area contributed by atoms with Crippen LogP contribution in [-0.4, -0.2) is 48.8 Å². The van der Waals surface area contributed by atoms with E-state index in [0.29, 0.717) is 17.7 Å². The van der Waals surface area contributed by atoms with Crippen LogP contribution in [0.4, 0.5) is 0 Å². The molecule has 0 aromatic rings. The minimum atomic E-state index is 0.357. The Hall–Kier alpha value is -0.120. The first kappa shape index (κ1) is 15.3. The van der Waals surface area contributed by atoms with Crippen LogP contribution < -0.4 is 5.32 Å². The van der Waals surface area contributed by atoms with Crippen LogP contribution in [0.3, 0.4) is 0 Å². The smallest absolute Gasteiger partial charge is 0.0703 e. The van der Waals surface area contributed by atoms with Crippen molar-refractivity contribution < 1.29 is 4.74 Å². The quantitative estimate of drug-likeness (QED) is 0.801. The van der Waals surface area contributed by atoms with E-state index < -0.39 is 0 Å². The molecule has 3 nitrogen and oxygen atoms in total. The Balaban J connectivity index is 2.01. The SMILES string of the molecule is CCCC1CN(CC2CCCO2)C(CC)(CC)CN1. The third-order valence-corrected chi connectivity index (χ3v) is 5.23. The van der Waals surface area contributed by atoms with Crippen LogP contribution in [0, 0.1) is 0 Å². The highest BCUT2D eigenvalue weighted by atomic mass is 16.5. The summed E-state index contributed by atoms with van der Waals surface area (Å²) in [6.45, 7) is 11.4. The molecule has 3 heteroatoms. The number of nitrogens with one attached hydrogen (secondary N) is 1. The maximum atomic E-state index is 5.87. The molecule has 0 spiro atoms. The molecule has 19 heavy (non-hydrogen) atoms. The summed E-state index contributed by atoms with van der Waals surface area (Å²) < 4.78 is 5.87. The zero-order valence-electron chi connectivity index (χ0n) is 13.1. The maximum absolute atomic E-state index is 5.87. The second-order valence-electron chi connectivity index (χ2n) is 6.34. The molecule has 2 aliphatic heterocycles. The van der Waals surface area contributed by atoms with Crippen molar-refractivity contribution in [3.63, 3.8) is 0 Å². The van der Waals surface area contributed by atoms with Crippen molar-refractivity contribution in [1.82, 2.24) is 10.2 Å². The molecule has 2 unspecified atom stereocenters. The fourth-order valence-corrected chi connectivity index (χ4v) is 3.76. The lowest BCUT2D eigenvalue weighted by molar-refractivity contribution is -0.0136. The number of ether oxygens (including phenoxy) is 1.